The molecule has 1 unspecified atom stereocenters. The van der Waals surface area contributed by atoms with Gasteiger partial charge < -0.3 is 15.7 Å². The number of nitrogens with zero attached hydrogens (tertiary/aromatic N) is 1. The quantitative estimate of drug-likeness (QED) is 0.231. The normalized spacial score (nSPS) is 16.9. The molecule has 0 fully saturated rings. The summed E-state index contributed by atoms with van der Waals surface area (Å²) in [6.45, 7) is 0.473. The smallest absolute Gasteiger partial charge is 0.254 e. The lowest BCUT2D eigenvalue weighted by Crippen LogP contribution is -2.31. The topological polar surface area (TPSA) is 83.6 Å². The van der Waals surface area contributed by atoms with Gasteiger partial charge in [-0.2, -0.15) is 0 Å². The van der Waals surface area contributed by atoms with Crippen LogP contribution in [0.25, 0.3) is 22.9 Å². The van der Waals surface area contributed by atoms with Gasteiger partial charge in [0.25, 0.3) is 5.91 Å². The maximum absolute atomic E-state index is 13.8. The Morgan fingerprint density at radius 2 is 1.73 bits per heavy atom. The van der Waals surface area contributed by atoms with Crippen LogP contribution < -0.4 is 10.6 Å². The summed E-state index contributed by atoms with van der Waals surface area (Å²) in [5.74, 6) is 0.532. The van der Waals surface area contributed by atoms with E-state index in [2.05, 4.69) is 0 Å². The van der Waals surface area contributed by atoms with Crippen molar-refractivity contribution < 1.29 is 14.7 Å². The number of phenols is 1. The van der Waals surface area contributed by atoms with E-state index >= 15 is 0 Å². The highest BCUT2D eigenvalue weighted by atomic mass is 35.5. The zero-order valence-corrected chi connectivity index (χ0v) is 22.5. The molecular formula is C34H27ClN2O3. The summed E-state index contributed by atoms with van der Waals surface area (Å²) in [5.41, 5.74) is 15.0. The van der Waals surface area contributed by atoms with E-state index in [1.54, 1.807) is 11.0 Å². The molecule has 0 spiro atoms. The molecule has 40 heavy (non-hydrogen) atoms. The van der Waals surface area contributed by atoms with Gasteiger partial charge in [0.1, 0.15) is 5.75 Å². The molecular weight excluding hydrogens is 520 g/mol. The van der Waals surface area contributed by atoms with Crippen molar-refractivity contribution in [2.24, 2.45) is 0 Å². The molecule has 198 valence electrons. The Labute approximate surface area is 237 Å². The number of Topliss-reactive ketones (excluding diaryl/α,β-unsaturated/α-hetero) is 1. The van der Waals surface area contributed by atoms with Crippen molar-refractivity contribution in [2.75, 3.05) is 23.1 Å². The Hall–Kier alpha value is -4.35. The molecule has 6 heteroatoms. The third kappa shape index (κ3) is 3.92. The van der Waals surface area contributed by atoms with Crippen LogP contribution in [0.5, 0.6) is 5.75 Å². The number of alkyl halides is 1. The maximum atomic E-state index is 13.8. The monoisotopic (exact) mass is 546 g/mol. The largest absolute Gasteiger partial charge is 0.507 e. The van der Waals surface area contributed by atoms with Gasteiger partial charge in [-0.3, -0.25) is 9.59 Å². The van der Waals surface area contributed by atoms with E-state index in [0.717, 1.165) is 61.1 Å². The molecule has 3 aliphatic rings. The average Bonchev–Trinajstić information content (AvgIpc) is 3.68. The number of hydrogen-bond donors (Lipinski definition) is 2. The van der Waals surface area contributed by atoms with Crippen LogP contribution in [0.3, 0.4) is 0 Å². The Morgan fingerprint density at radius 1 is 0.925 bits per heavy atom. The number of ketones is 1. The molecule has 3 N–H and O–H groups in total. The number of nitrogen functional groups attached to an aromatic ring is 1. The molecule has 1 heterocycles. The van der Waals surface area contributed by atoms with Gasteiger partial charge in [0.15, 0.2) is 5.78 Å². The van der Waals surface area contributed by atoms with E-state index in [1.807, 2.05) is 72.8 Å². The molecule has 1 amide bonds. The van der Waals surface area contributed by atoms with E-state index in [9.17, 15) is 14.7 Å². The van der Waals surface area contributed by atoms with E-state index in [-0.39, 0.29) is 23.4 Å². The number of rotatable bonds is 5. The minimum Gasteiger partial charge on any atom is -0.507 e. The molecule has 1 atom stereocenters. The van der Waals surface area contributed by atoms with Gasteiger partial charge in [0.2, 0.25) is 0 Å². The number of aromatic hydroxyl groups is 1. The van der Waals surface area contributed by atoms with Gasteiger partial charge in [-0.15, -0.1) is 11.6 Å². The highest BCUT2D eigenvalue weighted by Crippen LogP contribution is 2.46. The number of carbonyl (C=O) groups excluding carboxylic acids is 2. The number of carbonyl (C=O) groups is 2. The van der Waals surface area contributed by atoms with Crippen molar-refractivity contribution in [3.05, 3.63) is 111 Å². The molecule has 5 nitrogen and oxygen atoms in total. The van der Waals surface area contributed by atoms with Crippen LogP contribution in [0.4, 0.5) is 11.4 Å². The summed E-state index contributed by atoms with van der Waals surface area (Å²) in [7, 11) is 0. The van der Waals surface area contributed by atoms with Crippen LogP contribution in [-0.2, 0) is 28.9 Å². The number of halogens is 1. The van der Waals surface area contributed by atoms with Crippen LogP contribution in [0.15, 0.2) is 77.9 Å². The molecule has 2 aliphatic carbocycles. The van der Waals surface area contributed by atoms with Crippen molar-refractivity contribution in [3.8, 4) is 5.75 Å². The standard InChI is InChI=1S/C34H27ClN2O3/c35-17-25-18-37(30-16-32(39)26-5-1-2-6-27(26)33(25)30)34(40)24-12-20-9-8-19(10-22(20)14-24)11-31(38)23-13-21-4-3-7-29(36)28(21)15-23/h1-10,13-14,16,25,39H,11-12,15,17-18,36H2. The number of phenolic OH excluding ortho intramolecular Hbond substituents is 1. The van der Waals surface area contributed by atoms with Crippen molar-refractivity contribution in [2.45, 2.75) is 25.2 Å². The van der Waals surface area contributed by atoms with Crippen molar-refractivity contribution in [1.82, 2.24) is 0 Å². The van der Waals surface area contributed by atoms with E-state index in [1.165, 1.54) is 0 Å². The number of allylic oxidation sites excluding steroid dienone is 1. The highest BCUT2D eigenvalue weighted by molar-refractivity contribution is 6.19. The third-order valence-corrected chi connectivity index (χ3v) is 8.81. The van der Waals surface area contributed by atoms with Crippen LogP contribution in [0.2, 0.25) is 0 Å². The maximum Gasteiger partial charge on any atom is 0.254 e. The molecule has 0 saturated heterocycles. The number of amides is 1. The minimum absolute atomic E-state index is 0.0144. The lowest BCUT2D eigenvalue weighted by molar-refractivity contribution is -0.115. The second-order valence-corrected chi connectivity index (χ2v) is 11.2. The first-order valence-electron chi connectivity index (χ1n) is 13.5. The molecule has 0 aromatic heterocycles. The van der Waals surface area contributed by atoms with Gasteiger partial charge in [-0.25, -0.2) is 0 Å². The molecule has 7 rings (SSSR count). The first-order valence-corrected chi connectivity index (χ1v) is 14.0. The molecule has 0 radical (unpaired) electrons. The zero-order valence-electron chi connectivity index (χ0n) is 21.8. The SMILES string of the molecule is Nc1cccc2c1CC(C(=O)Cc1ccc3c(c1)C=C(C(=O)N1CC(CCl)c4c1cc(O)c1ccccc41)C3)=C2. The number of benzene rings is 4. The highest BCUT2D eigenvalue weighted by Gasteiger charge is 2.36. The lowest BCUT2D eigenvalue weighted by atomic mass is 9.95. The van der Waals surface area contributed by atoms with Crippen LogP contribution in [0, 0.1) is 0 Å². The number of fused-ring (bicyclic) bond motifs is 5. The number of anilines is 2. The van der Waals surface area contributed by atoms with Gasteiger partial charge >= 0.3 is 0 Å². The zero-order chi connectivity index (χ0) is 27.5. The lowest BCUT2D eigenvalue weighted by Gasteiger charge is -2.19. The van der Waals surface area contributed by atoms with Gasteiger partial charge in [0.05, 0.1) is 5.69 Å². The van der Waals surface area contributed by atoms with Crippen molar-refractivity contribution in [1.29, 1.82) is 0 Å². The Bertz CT molecular complexity index is 1820. The molecule has 0 bridgehead atoms. The predicted molar refractivity (Wildman–Crippen MR) is 161 cm³/mol. The molecule has 4 aromatic carbocycles. The van der Waals surface area contributed by atoms with E-state index < -0.39 is 0 Å². The van der Waals surface area contributed by atoms with Crippen LogP contribution in [0.1, 0.15) is 39.3 Å². The number of hydrogen-bond acceptors (Lipinski definition) is 4. The fourth-order valence-corrected chi connectivity index (χ4v) is 6.67. The fourth-order valence-electron chi connectivity index (χ4n) is 6.42. The summed E-state index contributed by atoms with van der Waals surface area (Å²) < 4.78 is 0. The Balaban J connectivity index is 1.13. The van der Waals surface area contributed by atoms with E-state index in [0.29, 0.717) is 37.3 Å². The van der Waals surface area contributed by atoms with Gasteiger partial charge in [-0.1, -0.05) is 54.6 Å². The summed E-state index contributed by atoms with van der Waals surface area (Å²) in [6, 6.07) is 21.2. The minimum atomic E-state index is -0.0798. The third-order valence-electron chi connectivity index (χ3n) is 8.44. The second kappa shape index (κ2) is 9.39. The van der Waals surface area contributed by atoms with Crippen LogP contribution >= 0.6 is 11.6 Å². The summed E-state index contributed by atoms with van der Waals surface area (Å²) in [4.78, 5) is 28.7. The van der Waals surface area contributed by atoms with E-state index in [4.69, 9.17) is 17.3 Å². The van der Waals surface area contributed by atoms with Crippen LogP contribution in [-0.4, -0.2) is 29.2 Å². The number of nitrogens with two attached hydrogens (primary N) is 1. The molecule has 0 saturated carbocycles. The summed E-state index contributed by atoms with van der Waals surface area (Å²) in [6.07, 6.45) is 5.27. The first-order chi connectivity index (χ1) is 19.4. The summed E-state index contributed by atoms with van der Waals surface area (Å²) >= 11 is 6.37. The Morgan fingerprint density at radius 3 is 2.52 bits per heavy atom. The second-order valence-electron chi connectivity index (χ2n) is 10.9. The van der Waals surface area contributed by atoms with Gasteiger partial charge in [0, 0.05) is 65.9 Å². The predicted octanol–water partition coefficient (Wildman–Crippen LogP) is 6.19. The molecule has 4 aromatic rings. The molecule has 1 aliphatic heterocycles. The van der Waals surface area contributed by atoms with Gasteiger partial charge in [-0.05, 0) is 57.0 Å². The fraction of sp³-hybridized carbons (Fsp3) is 0.176. The average molecular weight is 547 g/mol. The first kappa shape index (κ1) is 24.7. The van der Waals surface area contributed by atoms with Crippen molar-refractivity contribution >= 4 is 57.6 Å². The Kier molecular flexibility index (Phi) is 5.79. The summed E-state index contributed by atoms with van der Waals surface area (Å²) in [5, 5.41) is 12.4. The van der Waals surface area contributed by atoms with Crippen molar-refractivity contribution in [3.63, 3.8) is 0 Å².